The van der Waals surface area contributed by atoms with Crippen LogP contribution in [0.4, 0.5) is 0 Å². The summed E-state index contributed by atoms with van der Waals surface area (Å²) < 4.78 is 5.68. The summed E-state index contributed by atoms with van der Waals surface area (Å²) in [4.78, 5) is 0. The first-order valence-corrected chi connectivity index (χ1v) is 8.29. The molecule has 0 fully saturated rings. The van der Waals surface area contributed by atoms with E-state index in [-0.39, 0.29) is 12.6 Å². The highest BCUT2D eigenvalue weighted by atomic mass is 16.5. The minimum atomic E-state index is -0.487. The number of rotatable bonds is 10. The van der Waals surface area contributed by atoms with Gasteiger partial charge in [0.25, 0.3) is 0 Å². The molecule has 124 valence electrons. The third-order valence-corrected chi connectivity index (χ3v) is 4.42. The van der Waals surface area contributed by atoms with Gasteiger partial charge < -0.3 is 20.3 Å². The highest BCUT2D eigenvalue weighted by Crippen LogP contribution is 2.24. The van der Waals surface area contributed by atoms with Crippen molar-refractivity contribution < 1.29 is 14.9 Å². The minimum Gasteiger partial charge on any atom is -0.396 e. The summed E-state index contributed by atoms with van der Waals surface area (Å²) in [6.45, 7) is 8.30. The van der Waals surface area contributed by atoms with Crippen LogP contribution in [-0.2, 0) is 4.74 Å². The average molecular weight is 299 g/mol. The van der Waals surface area contributed by atoms with Gasteiger partial charge in [-0.2, -0.15) is 0 Å². The van der Waals surface area contributed by atoms with Gasteiger partial charge in [-0.15, -0.1) is 0 Å². The quantitative estimate of drug-likeness (QED) is 0.540. The van der Waals surface area contributed by atoms with Gasteiger partial charge in [0.1, 0.15) is 0 Å². The number of hydrogen-bond donors (Lipinski definition) is 3. The second kappa shape index (κ2) is 10.3. The Morgan fingerprint density at radius 2 is 2.00 bits per heavy atom. The molecule has 4 heteroatoms. The van der Waals surface area contributed by atoms with Crippen molar-refractivity contribution in [1.82, 2.24) is 5.32 Å². The molecule has 3 N–H and O–H groups in total. The van der Waals surface area contributed by atoms with Gasteiger partial charge >= 0.3 is 0 Å². The van der Waals surface area contributed by atoms with Crippen LogP contribution in [0, 0.1) is 17.8 Å². The number of nitrogens with one attached hydrogen (secondary N) is 1. The van der Waals surface area contributed by atoms with Crippen LogP contribution >= 0.6 is 0 Å². The summed E-state index contributed by atoms with van der Waals surface area (Å²) in [5.74, 6) is 1.69. The summed E-state index contributed by atoms with van der Waals surface area (Å²) >= 11 is 0. The van der Waals surface area contributed by atoms with Gasteiger partial charge in [-0.25, -0.2) is 0 Å². The van der Waals surface area contributed by atoms with Crippen molar-refractivity contribution in [2.24, 2.45) is 17.8 Å². The predicted molar refractivity (Wildman–Crippen MR) is 86.2 cm³/mol. The third-order valence-electron chi connectivity index (χ3n) is 4.42. The Kier molecular flexibility index (Phi) is 9.16. The fourth-order valence-electron chi connectivity index (χ4n) is 2.75. The van der Waals surface area contributed by atoms with Crippen molar-refractivity contribution in [2.75, 3.05) is 26.4 Å². The zero-order valence-corrected chi connectivity index (χ0v) is 13.8. The summed E-state index contributed by atoms with van der Waals surface area (Å²) in [5, 5.41) is 22.3. The Morgan fingerprint density at radius 1 is 1.29 bits per heavy atom. The van der Waals surface area contributed by atoms with Crippen molar-refractivity contribution in [3.63, 3.8) is 0 Å². The molecule has 0 spiro atoms. The third kappa shape index (κ3) is 7.41. The van der Waals surface area contributed by atoms with E-state index in [2.05, 4.69) is 38.2 Å². The normalized spacial score (nSPS) is 25.2. The molecule has 0 saturated heterocycles. The first-order chi connectivity index (χ1) is 10.0. The van der Waals surface area contributed by atoms with Gasteiger partial charge in [-0.3, -0.25) is 0 Å². The Morgan fingerprint density at radius 3 is 2.62 bits per heavy atom. The van der Waals surface area contributed by atoms with Gasteiger partial charge in [0, 0.05) is 19.2 Å². The Hall–Kier alpha value is -0.420. The van der Waals surface area contributed by atoms with E-state index in [1.807, 2.05) is 0 Å². The van der Waals surface area contributed by atoms with Gasteiger partial charge in [0.05, 0.1) is 19.3 Å². The first kappa shape index (κ1) is 18.6. The lowest BCUT2D eigenvalue weighted by molar-refractivity contribution is 0.0110. The molecule has 0 radical (unpaired) electrons. The van der Waals surface area contributed by atoms with Crippen LogP contribution in [0.25, 0.3) is 0 Å². The van der Waals surface area contributed by atoms with Crippen molar-refractivity contribution in [1.29, 1.82) is 0 Å². The number of aliphatic hydroxyl groups is 2. The molecule has 1 aliphatic rings. The molecule has 4 unspecified atom stereocenters. The molecule has 0 saturated carbocycles. The maximum Gasteiger partial charge on any atom is 0.0897 e. The molecule has 0 bridgehead atoms. The van der Waals surface area contributed by atoms with Crippen LogP contribution in [0.2, 0.25) is 0 Å². The molecule has 0 aromatic heterocycles. The highest BCUT2D eigenvalue weighted by molar-refractivity contribution is 4.93. The molecule has 0 aromatic carbocycles. The van der Waals surface area contributed by atoms with E-state index >= 15 is 0 Å². The van der Waals surface area contributed by atoms with E-state index in [0.717, 1.165) is 25.9 Å². The molecule has 4 nitrogen and oxygen atoms in total. The second-order valence-electron chi connectivity index (χ2n) is 6.64. The summed E-state index contributed by atoms with van der Waals surface area (Å²) in [6.07, 6.45) is 6.93. The minimum absolute atomic E-state index is 0.176. The SMILES string of the molecule is CC(C)C(CCO)NCC(O)COCC1CC=CCC1C. The lowest BCUT2D eigenvalue weighted by atomic mass is 9.85. The number of allylic oxidation sites excluding steroid dienone is 2. The van der Waals surface area contributed by atoms with E-state index in [9.17, 15) is 5.11 Å². The lowest BCUT2D eigenvalue weighted by Gasteiger charge is -2.26. The summed E-state index contributed by atoms with van der Waals surface area (Å²) in [5.41, 5.74) is 0. The standard InChI is InChI=1S/C17H33NO3/c1-13(2)17(8-9-19)18-10-16(20)12-21-11-15-7-5-4-6-14(15)3/h4-5,13-20H,6-12H2,1-3H3. The van der Waals surface area contributed by atoms with Crippen molar-refractivity contribution in [2.45, 2.75) is 52.2 Å². The molecule has 0 amide bonds. The van der Waals surface area contributed by atoms with Crippen LogP contribution in [0.1, 0.15) is 40.0 Å². The van der Waals surface area contributed by atoms with E-state index in [1.54, 1.807) is 0 Å². The highest BCUT2D eigenvalue weighted by Gasteiger charge is 2.19. The predicted octanol–water partition coefficient (Wildman–Crippen LogP) is 1.96. The molecule has 21 heavy (non-hydrogen) atoms. The zero-order valence-electron chi connectivity index (χ0n) is 13.8. The second-order valence-corrected chi connectivity index (χ2v) is 6.64. The van der Waals surface area contributed by atoms with Crippen LogP contribution in [-0.4, -0.2) is 48.7 Å². The van der Waals surface area contributed by atoms with Crippen molar-refractivity contribution in [3.05, 3.63) is 12.2 Å². The Balaban J connectivity index is 2.15. The summed E-state index contributed by atoms with van der Waals surface area (Å²) in [7, 11) is 0. The molecular formula is C17H33NO3. The van der Waals surface area contributed by atoms with Gasteiger partial charge in [-0.1, -0.05) is 32.9 Å². The van der Waals surface area contributed by atoms with Gasteiger partial charge in [0.15, 0.2) is 0 Å². The number of aliphatic hydroxyl groups excluding tert-OH is 2. The van der Waals surface area contributed by atoms with Crippen LogP contribution in [0.3, 0.4) is 0 Å². The Labute approximate surface area is 129 Å². The smallest absolute Gasteiger partial charge is 0.0897 e. The van der Waals surface area contributed by atoms with E-state index < -0.39 is 6.10 Å². The topological polar surface area (TPSA) is 61.7 Å². The fraction of sp³-hybridized carbons (Fsp3) is 0.882. The van der Waals surface area contributed by atoms with E-state index in [1.165, 1.54) is 0 Å². The van der Waals surface area contributed by atoms with Gasteiger partial charge in [-0.05, 0) is 37.0 Å². The van der Waals surface area contributed by atoms with Crippen molar-refractivity contribution in [3.8, 4) is 0 Å². The van der Waals surface area contributed by atoms with E-state index in [0.29, 0.717) is 30.9 Å². The molecule has 0 aliphatic heterocycles. The van der Waals surface area contributed by atoms with Crippen molar-refractivity contribution >= 4 is 0 Å². The largest absolute Gasteiger partial charge is 0.396 e. The molecule has 1 rings (SSSR count). The van der Waals surface area contributed by atoms with Crippen LogP contribution in [0.5, 0.6) is 0 Å². The first-order valence-electron chi connectivity index (χ1n) is 8.29. The number of hydrogen-bond acceptors (Lipinski definition) is 4. The molecule has 0 aromatic rings. The fourth-order valence-corrected chi connectivity index (χ4v) is 2.75. The lowest BCUT2D eigenvalue weighted by Crippen LogP contribution is -2.41. The monoisotopic (exact) mass is 299 g/mol. The summed E-state index contributed by atoms with van der Waals surface area (Å²) in [6, 6.07) is 0.244. The zero-order chi connectivity index (χ0) is 15.7. The molecule has 4 atom stereocenters. The molecular weight excluding hydrogens is 266 g/mol. The van der Waals surface area contributed by atoms with E-state index in [4.69, 9.17) is 9.84 Å². The maximum atomic E-state index is 9.98. The average Bonchev–Trinajstić information content (AvgIpc) is 2.45. The van der Waals surface area contributed by atoms with Gasteiger partial charge in [0.2, 0.25) is 0 Å². The van der Waals surface area contributed by atoms with Crippen LogP contribution in [0.15, 0.2) is 12.2 Å². The Bertz CT molecular complexity index is 294. The molecule has 1 aliphatic carbocycles. The molecule has 0 heterocycles. The van der Waals surface area contributed by atoms with Crippen LogP contribution < -0.4 is 5.32 Å². The number of ether oxygens (including phenoxy) is 1. The maximum absolute atomic E-state index is 9.98.